The lowest BCUT2D eigenvalue weighted by Crippen LogP contribution is -2.08. The average Bonchev–Trinajstić information content (AvgIpc) is 3.46. The van der Waals surface area contributed by atoms with E-state index in [1.165, 1.54) is 31.9 Å². The van der Waals surface area contributed by atoms with Gasteiger partial charge in [-0.15, -0.1) is 22.7 Å². The summed E-state index contributed by atoms with van der Waals surface area (Å²) in [4.78, 5) is 13.6. The van der Waals surface area contributed by atoms with Crippen LogP contribution < -0.4 is 16.0 Å². The van der Waals surface area contributed by atoms with Crippen molar-refractivity contribution < 1.29 is 0 Å². The number of thiophene rings is 1. The van der Waals surface area contributed by atoms with E-state index in [-0.39, 0.29) is 0 Å². The van der Waals surface area contributed by atoms with E-state index in [0.717, 1.165) is 32.1 Å². The molecule has 0 aliphatic carbocycles. The Balaban J connectivity index is 1.42. The van der Waals surface area contributed by atoms with Crippen LogP contribution in [0.3, 0.4) is 0 Å². The number of hydrogen-bond donors (Lipinski definition) is 2. The lowest BCUT2D eigenvalue weighted by atomic mass is 10.1. The number of fused-ring (bicyclic) bond motifs is 1. The highest BCUT2D eigenvalue weighted by Crippen LogP contribution is 2.42. The van der Waals surface area contributed by atoms with Crippen LogP contribution in [-0.2, 0) is 0 Å². The lowest BCUT2D eigenvalue weighted by molar-refractivity contribution is 1.13. The molecule has 0 amide bonds. The molecule has 0 fully saturated rings. The fourth-order valence-electron chi connectivity index (χ4n) is 3.41. The van der Waals surface area contributed by atoms with Crippen LogP contribution in [0.25, 0.3) is 30.5 Å². The Labute approximate surface area is 192 Å². The topological polar surface area (TPSA) is 67.1 Å². The van der Waals surface area contributed by atoms with Crippen LogP contribution in [0.5, 0.6) is 0 Å². The number of nitrogens with zero attached hydrogens (tertiary/aromatic N) is 3. The molecular weight excluding hydrogens is 442 g/mol. The van der Waals surface area contributed by atoms with E-state index in [0.29, 0.717) is 5.82 Å². The fourth-order valence-corrected chi connectivity index (χ4v) is 6.47. The third kappa shape index (κ3) is 3.78. The van der Waals surface area contributed by atoms with Crippen LogP contribution in [-0.4, -0.2) is 24.1 Å². The van der Waals surface area contributed by atoms with Crippen LogP contribution in [0.1, 0.15) is 5.56 Å². The Hall–Kier alpha value is -2.94. The molecule has 8 heteroatoms. The molecule has 0 saturated heterocycles. The number of thiazole rings is 2. The summed E-state index contributed by atoms with van der Waals surface area (Å²) in [5.74, 6) is 0.506. The summed E-state index contributed by atoms with van der Waals surface area (Å²) < 4.78 is 1.29. The van der Waals surface area contributed by atoms with Gasteiger partial charge in [0, 0.05) is 35.6 Å². The zero-order valence-corrected chi connectivity index (χ0v) is 19.8. The van der Waals surface area contributed by atoms with Gasteiger partial charge in [0.15, 0.2) is 5.13 Å². The van der Waals surface area contributed by atoms with E-state index >= 15 is 0 Å². The largest absolute Gasteiger partial charge is 0.382 e. The number of benzene rings is 2. The summed E-state index contributed by atoms with van der Waals surface area (Å²) in [7, 11) is 4.05. The SMILES string of the molecule is Cc1c(-c2csc(-c3sc(Nc4ccc(N(C)C)cc4)nc3N)n2)sc2ccccc12. The number of anilines is 4. The predicted octanol–water partition coefficient (Wildman–Crippen LogP) is 6.85. The van der Waals surface area contributed by atoms with E-state index < -0.39 is 0 Å². The highest BCUT2D eigenvalue weighted by atomic mass is 32.1. The molecule has 0 atom stereocenters. The second-order valence-corrected chi connectivity index (χ2v) is 10.3. The minimum Gasteiger partial charge on any atom is -0.382 e. The molecule has 0 saturated carbocycles. The number of nitrogen functional groups attached to an aromatic ring is 1. The summed E-state index contributed by atoms with van der Waals surface area (Å²) in [6, 6.07) is 16.7. The zero-order valence-electron chi connectivity index (χ0n) is 17.3. The first-order chi connectivity index (χ1) is 15.0. The number of aromatic nitrogens is 2. The molecule has 3 heterocycles. The maximum atomic E-state index is 6.25. The molecule has 5 nitrogen and oxygen atoms in total. The first-order valence-electron chi connectivity index (χ1n) is 9.74. The van der Waals surface area contributed by atoms with Crippen molar-refractivity contribution >= 4 is 66.4 Å². The highest BCUT2D eigenvalue weighted by Gasteiger charge is 2.18. The molecule has 0 unspecified atom stereocenters. The van der Waals surface area contributed by atoms with Crippen molar-refractivity contribution in [2.24, 2.45) is 0 Å². The number of rotatable bonds is 5. The smallest absolute Gasteiger partial charge is 0.189 e. The zero-order chi connectivity index (χ0) is 21.5. The molecule has 31 heavy (non-hydrogen) atoms. The predicted molar refractivity (Wildman–Crippen MR) is 137 cm³/mol. The van der Waals surface area contributed by atoms with E-state index in [1.807, 2.05) is 26.2 Å². The van der Waals surface area contributed by atoms with Gasteiger partial charge in [0.05, 0.1) is 10.6 Å². The Morgan fingerprint density at radius 2 is 1.71 bits per heavy atom. The normalized spacial score (nSPS) is 11.2. The Kier molecular flexibility index (Phi) is 5.13. The van der Waals surface area contributed by atoms with Crippen molar-refractivity contribution in [3.05, 3.63) is 59.5 Å². The average molecular weight is 464 g/mol. The molecule has 0 aliphatic rings. The van der Waals surface area contributed by atoms with Crippen molar-refractivity contribution in [1.82, 2.24) is 9.97 Å². The fraction of sp³-hybridized carbons (Fsp3) is 0.130. The second-order valence-electron chi connectivity index (χ2n) is 7.39. The van der Waals surface area contributed by atoms with Crippen molar-refractivity contribution in [2.75, 3.05) is 30.0 Å². The number of nitrogens with one attached hydrogen (secondary N) is 1. The monoisotopic (exact) mass is 463 g/mol. The van der Waals surface area contributed by atoms with E-state index in [2.05, 4.69) is 63.9 Å². The van der Waals surface area contributed by atoms with Crippen LogP contribution in [0.4, 0.5) is 22.3 Å². The summed E-state index contributed by atoms with van der Waals surface area (Å²) in [6.07, 6.45) is 0. The van der Waals surface area contributed by atoms with Gasteiger partial charge in [0.1, 0.15) is 15.7 Å². The van der Waals surface area contributed by atoms with Crippen molar-refractivity contribution in [1.29, 1.82) is 0 Å². The minimum absolute atomic E-state index is 0.506. The lowest BCUT2D eigenvalue weighted by Gasteiger charge is -2.12. The van der Waals surface area contributed by atoms with E-state index in [4.69, 9.17) is 10.7 Å². The number of hydrogen-bond acceptors (Lipinski definition) is 8. The Bertz CT molecular complexity index is 1360. The quantitative estimate of drug-likeness (QED) is 0.298. The summed E-state index contributed by atoms with van der Waals surface area (Å²) in [6.45, 7) is 2.16. The molecule has 0 radical (unpaired) electrons. The third-order valence-corrected chi connectivity index (χ3v) is 8.34. The van der Waals surface area contributed by atoms with Crippen LogP contribution in [0.15, 0.2) is 53.9 Å². The Morgan fingerprint density at radius 3 is 2.45 bits per heavy atom. The van der Waals surface area contributed by atoms with Crippen molar-refractivity contribution in [2.45, 2.75) is 6.92 Å². The molecular formula is C23H21N5S3. The molecule has 0 aliphatic heterocycles. The van der Waals surface area contributed by atoms with Crippen molar-refractivity contribution in [3.63, 3.8) is 0 Å². The van der Waals surface area contributed by atoms with Crippen LogP contribution in [0.2, 0.25) is 0 Å². The molecule has 0 bridgehead atoms. The van der Waals surface area contributed by atoms with Gasteiger partial charge >= 0.3 is 0 Å². The molecule has 156 valence electrons. The molecule has 2 aromatic carbocycles. The summed E-state index contributed by atoms with van der Waals surface area (Å²) in [5, 5.41) is 8.42. The maximum Gasteiger partial charge on any atom is 0.189 e. The van der Waals surface area contributed by atoms with Gasteiger partial charge in [-0.2, -0.15) is 0 Å². The van der Waals surface area contributed by atoms with Gasteiger partial charge in [-0.1, -0.05) is 29.5 Å². The van der Waals surface area contributed by atoms with Gasteiger partial charge in [0.2, 0.25) is 0 Å². The van der Waals surface area contributed by atoms with E-state index in [9.17, 15) is 0 Å². The first-order valence-corrected chi connectivity index (χ1v) is 12.3. The second kappa shape index (κ2) is 7.96. The van der Waals surface area contributed by atoms with Crippen LogP contribution >= 0.6 is 34.0 Å². The van der Waals surface area contributed by atoms with Gasteiger partial charge in [-0.05, 0) is 48.2 Å². The molecule has 5 rings (SSSR count). The first kappa shape index (κ1) is 20.0. The maximum absolute atomic E-state index is 6.25. The number of nitrogens with two attached hydrogens (primary N) is 1. The van der Waals surface area contributed by atoms with Crippen LogP contribution in [0, 0.1) is 6.92 Å². The standard InChI is InChI=1S/C23H21N5S3/c1-13-16-6-4-5-7-18(16)30-19(13)17-12-29-22(26-17)20-21(24)27-23(31-20)25-14-8-10-15(11-9-14)28(2)3/h4-12H,24H2,1-3H3,(H,25,27). The molecule has 3 aromatic heterocycles. The molecule has 5 aromatic rings. The van der Waals surface area contributed by atoms with Crippen molar-refractivity contribution in [3.8, 4) is 20.5 Å². The van der Waals surface area contributed by atoms with Gasteiger partial charge in [-0.25, -0.2) is 9.97 Å². The third-order valence-electron chi connectivity index (χ3n) is 5.06. The summed E-state index contributed by atoms with van der Waals surface area (Å²) >= 11 is 4.92. The van der Waals surface area contributed by atoms with Gasteiger partial charge in [-0.3, -0.25) is 0 Å². The number of aryl methyl sites for hydroxylation is 1. The highest BCUT2D eigenvalue weighted by molar-refractivity contribution is 7.24. The van der Waals surface area contributed by atoms with Gasteiger partial charge in [0.25, 0.3) is 0 Å². The van der Waals surface area contributed by atoms with E-state index in [1.54, 1.807) is 22.7 Å². The summed E-state index contributed by atoms with van der Waals surface area (Å²) in [5.41, 5.74) is 10.7. The molecule has 3 N–H and O–H groups in total. The van der Waals surface area contributed by atoms with Gasteiger partial charge < -0.3 is 16.0 Å². The Morgan fingerprint density at radius 1 is 0.935 bits per heavy atom. The minimum atomic E-state index is 0.506. The molecule has 0 spiro atoms.